The molecule has 0 saturated heterocycles. The zero-order valence-electron chi connectivity index (χ0n) is 11.5. The van der Waals surface area contributed by atoms with E-state index in [0.717, 1.165) is 31.6 Å². The Balaban J connectivity index is 2.30. The van der Waals surface area contributed by atoms with Crippen LogP contribution in [0.1, 0.15) is 44.7 Å². The van der Waals surface area contributed by atoms with Crippen molar-refractivity contribution < 1.29 is 9.84 Å². The quantitative estimate of drug-likeness (QED) is 0.663. The monoisotopic (exact) mass is 251 g/mol. The highest BCUT2D eigenvalue weighted by atomic mass is 16.5. The fourth-order valence-corrected chi connectivity index (χ4v) is 1.87. The number of hydrogen-bond donors (Lipinski definition) is 2. The Morgan fingerprint density at radius 2 is 1.89 bits per heavy atom. The molecule has 0 heterocycles. The first-order valence-corrected chi connectivity index (χ1v) is 6.85. The molecule has 0 aliphatic rings. The summed E-state index contributed by atoms with van der Waals surface area (Å²) in [7, 11) is 0. The number of rotatable bonds is 9. The summed E-state index contributed by atoms with van der Waals surface area (Å²) < 4.78 is 5.42. The molecular formula is C15H25NO2. The summed E-state index contributed by atoms with van der Waals surface area (Å²) in [6.45, 7) is 6.16. The molecule has 0 radical (unpaired) electrons. The molecule has 1 atom stereocenters. The predicted octanol–water partition coefficient (Wildman–Crippen LogP) is 2.90. The van der Waals surface area contributed by atoms with Crippen LogP contribution in [0.3, 0.4) is 0 Å². The molecule has 102 valence electrons. The van der Waals surface area contributed by atoms with Crippen LogP contribution in [0.4, 0.5) is 0 Å². The number of hydrogen-bond acceptors (Lipinski definition) is 3. The van der Waals surface area contributed by atoms with Gasteiger partial charge in [0, 0.05) is 12.6 Å². The van der Waals surface area contributed by atoms with E-state index >= 15 is 0 Å². The van der Waals surface area contributed by atoms with Gasteiger partial charge in [-0.15, -0.1) is 0 Å². The van der Waals surface area contributed by atoms with Crippen molar-refractivity contribution in [2.75, 3.05) is 19.8 Å². The number of aliphatic hydroxyl groups is 1. The van der Waals surface area contributed by atoms with Crippen molar-refractivity contribution >= 4 is 0 Å². The molecule has 0 fully saturated rings. The standard InChI is InChI=1S/C15H25NO2/c1-3-18-15-9-7-14(8-10-15)13(2)16-11-5-4-6-12-17/h7-10,13,16-17H,3-6,11-12H2,1-2H3. The number of aliphatic hydroxyl groups excluding tert-OH is 1. The van der Waals surface area contributed by atoms with E-state index in [4.69, 9.17) is 9.84 Å². The topological polar surface area (TPSA) is 41.5 Å². The molecule has 0 saturated carbocycles. The second-order valence-corrected chi connectivity index (χ2v) is 4.46. The molecule has 2 N–H and O–H groups in total. The summed E-state index contributed by atoms with van der Waals surface area (Å²) in [5, 5.41) is 12.2. The van der Waals surface area contributed by atoms with E-state index in [2.05, 4.69) is 24.4 Å². The van der Waals surface area contributed by atoms with E-state index in [1.54, 1.807) is 0 Å². The minimum atomic E-state index is 0.300. The van der Waals surface area contributed by atoms with Crippen molar-refractivity contribution in [3.63, 3.8) is 0 Å². The first-order chi connectivity index (χ1) is 8.77. The third-order valence-corrected chi connectivity index (χ3v) is 2.98. The van der Waals surface area contributed by atoms with Crippen LogP contribution in [-0.4, -0.2) is 24.9 Å². The minimum absolute atomic E-state index is 0.300. The highest BCUT2D eigenvalue weighted by molar-refractivity contribution is 5.28. The molecule has 1 rings (SSSR count). The number of unbranched alkanes of at least 4 members (excludes halogenated alkanes) is 2. The SMILES string of the molecule is CCOc1ccc(C(C)NCCCCCO)cc1. The average Bonchev–Trinajstić information content (AvgIpc) is 2.39. The fraction of sp³-hybridized carbons (Fsp3) is 0.600. The summed E-state index contributed by atoms with van der Waals surface area (Å²) in [6.07, 6.45) is 3.10. The molecule has 0 aromatic heterocycles. The highest BCUT2D eigenvalue weighted by Gasteiger charge is 2.04. The molecule has 0 spiro atoms. The molecule has 1 unspecified atom stereocenters. The van der Waals surface area contributed by atoms with Gasteiger partial charge in [-0.05, 0) is 57.4 Å². The minimum Gasteiger partial charge on any atom is -0.494 e. The van der Waals surface area contributed by atoms with E-state index in [-0.39, 0.29) is 0 Å². The van der Waals surface area contributed by atoms with Gasteiger partial charge in [-0.3, -0.25) is 0 Å². The molecule has 0 aliphatic carbocycles. The Morgan fingerprint density at radius 1 is 1.17 bits per heavy atom. The summed E-state index contributed by atoms with van der Waals surface area (Å²) in [5.74, 6) is 0.927. The Labute approximate surface area is 110 Å². The van der Waals surface area contributed by atoms with Gasteiger partial charge in [0.15, 0.2) is 0 Å². The predicted molar refractivity (Wildman–Crippen MR) is 75.0 cm³/mol. The van der Waals surface area contributed by atoms with Crippen molar-refractivity contribution in [1.82, 2.24) is 5.32 Å². The van der Waals surface area contributed by atoms with Gasteiger partial charge in [0.05, 0.1) is 6.61 Å². The van der Waals surface area contributed by atoms with E-state index in [9.17, 15) is 0 Å². The maximum atomic E-state index is 8.69. The van der Waals surface area contributed by atoms with Crippen molar-refractivity contribution in [3.8, 4) is 5.75 Å². The second-order valence-electron chi connectivity index (χ2n) is 4.46. The summed E-state index contributed by atoms with van der Waals surface area (Å²) in [5.41, 5.74) is 1.28. The van der Waals surface area contributed by atoms with Crippen LogP contribution in [0, 0.1) is 0 Å². The third-order valence-electron chi connectivity index (χ3n) is 2.98. The number of benzene rings is 1. The van der Waals surface area contributed by atoms with Crippen LogP contribution >= 0.6 is 0 Å². The summed E-state index contributed by atoms with van der Waals surface area (Å²) in [4.78, 5) is 0. The van der Waals surface area contributed by atoms with E-state index in [1.807, 2.05) is 19.1 Å². The Hall–Kier alpha value is -1.06. The van der Waals surface area contributed by atoms with Gasteiger partial charge >= 0.3 is 0 Å². The van der Waals surface area contributed by atoms with Crippen LogP contribution in [0.2, 0.25) is 0 Å². The smallest absolute Gasteiger partial charge is 0.119 e. The van der Waals surface area contributed by atoms with Crippen molar-refractivity contribution in [2.45, 2.75) is 39.2 Å². The van der Waals surface area contributed by atoms with Crippen LogP contribution < -0.4 is 10.1 Å². The lowest BCUT2D eigenvalue weighted by molar-refractivity contribution is 0.282. The van der Waals surface area contributed by atoms with Gasteiger partial charge in [-0.2, -0.15) is 0 Å². The van der Waals surface area contributed by atoms with Crippen LogP contribution in [0.5, 0.6) is 5.75 Å². The van der Waals surface area contributed by atoms with Crippen molar-refractivity contribution in [3.05, 3.63) is 29.8 Å². The van der Waals surface area contributed by atoms with Gasteiger partial charge in [0.25, 0.3) is 0 Å². The zero-order valence-corrected chi connectivity index (χ0v) is 11.5. The molecule has 1 aromatic carbocycles. The molecule has 1 aromatic rings. The number of ether oxygens (including phenoxy) is 1. The molecule has 3 nitrogen and oxygen atoms in total. The average molecular weight is 251 g/mol. The molecule has 0 bridgehead atoms. The molecule has 18 heavy (non-hydrogen) atoms. The molecular weight excluding hydrogens is 226 g/mol. The van der Waals surface area contributed by atoms with Gasteiger partial charge in [-0.1, -0.05) is 12.1 Å². The maximum Gasteiger partial charge on any atom is 0.119 e. The summed E-state index contributed by atoms with van der Waals surface area (Å²) in [6, 6.07) is 8.60. The van der Waals surface area contributed by atoms with Crippen LogP contribution in [0.25, 0.3) is 0 Å². The Kier molecular flexibility index (Phi) is 7.46. The zero-order chi connectivity index (χ0) is 13.2. The lowest BCUT2D eigenvalue weighted by Crippen LogP contribution is -2.19. The van der Waals surface area contributed by atoms with Gasteiger partial charge in [0.2, 0.25) is 0 Å². The van der Waals surface area contributed by atoms with Crippen LogP contribution in [-0.2, 0) is 0 Å². The van der Waals surface area contributed by atoms with Gasteiger partial charge < -0.3 is 15.2 Å². The van der Waals surface area contributed by atoms with Gasteiger partial charge in [-0.25, -0.2) is 0 Å². The third kappa shape index (κ3) is 5.52. The lowest BCUT2D eigenvalue weighted by atomic mass is 10.1. The summed E-state index contributed by atoms with van der Waals surface area (Å²) >= 11 is 0. The fourth-order valence-electron chi connectivity index (χ4n) is 1.87. The first kappa shape index (κ1) is 15.0. The lowest BCUT2D eigenvalue weighted by Gasteiger charge is -2.14. The first-order valence-electron chi connectivity index (χ1n) is 6.85. The van der Waals surface area contributed by atoms with Crippen LogP contribution in [0.15, 0.2) is 24.3 Å². The highest BCUT2D eigenvalue weighted by Crippen LogP contribution is 2.17. The Bertz CT molecular complexity index is 311. The normalized spacial score (nSPS) is 12.4. The number of nitrogens with one attached hydrogen (secondary N) is 1. The maximum absolute atomic E-state index is 8.69. The van der Waals surface area contributed by atoms with E-state index < -0.39 is 0 Å². The van der Waals surface area contributed by atoms with E-state index in [0.29, 0.717) is 19.3 Å². The van der Waals surface area contributed by atoms with Crippen molar-refractivity contribution in [1.29, 1.82) is 0 Å². The van der Waals surface area contributed by atoms with Crippen molar-refractivity contribution in [2.24, 2.45) is 0 Å². The molecule has 3 heteroatoms. The van der Waals surface area contributed by atoms with E-state index in [1.165, 1.54) is 5.56 Å². The Morgan fingerprint density at radius 3 is 2.50 bits per heavy atom. The van der Waals surface area contributed by atoms with Gasteiger partial charge in [0.1, 0.15) is 5.75 Å². The second kappa shape index (κ2) is 8.95. The largest absolute Gasteiger partial charge is 0.494 e. The molecule has 0 amide bonds. The molecule has 0 aliphatic heterocycles.